The van der Waals surface area contributed by atoms with Crippen molar-refractivity contribution in [3.63, 3.8) is 0 Å². The van der Waals surface area contributed by atoms with Crippen LogP contribution in [0.1, 0.15) is 49.8 Å². The molecular formula is C36H42ClN3O6. The number of benzene rings is 3. The smallest absolute Gasteiger partial charge is 0.264 e. The lowest BCUT2D eigenvalue weighted by molar-refractivity contribution is -0.139. The Balaban J connectivity index is 1.47. The number of fused-ring (bicyclic) bond motifs is 2. The van der Waals surface area contributed by atoms with E-state index < -0.39 is 23.5 Å². The van der Waals surface area contributed by atoms with Crippen molar-refractivity contribution in [2.24, 2.45) is 5.92 Å². The van der Waals surface area contributed by atoms with Gasteiger partial charge in [0.25, 0.3) is 5.91 Å². The highest BCUT2D eigenvalue weighted by atomic mass is 35.5. The van der Waals surface area contributed by atoms with E-state index in [1.165, 1.54) is 0 Å². The molecule has 2 heterocycles. The molecule has 0 saturated carbocycles. The number of ether oxygens (including phenoxy) is 1. The van der Waals surface area contributed by atoms with Crippen LogP contribution < -0.4 is 19.9 Å². The van der Waals surface area contributed by atoms with Gasteiger partial charge in [0.2, 0.25) is 5.91 Å². The second-order valence-electron chi connectivity index (χ2n) is 11.8. The third-order valence-electron chi connectivity index (χ3n) is 8.64. The van der Waals surface area contributed by atoms with Gasteiger partial charge in [0.1, 0.15) is 5.75 Å². The Bertz CT molecular complexity index is 1600. The number of halogens is 1. The lowest BCUT2D eigenvalue weighted by Crippen LogP contribution is -2.49. The van der Waals surface area contributed by atoms with E-state index in [9.17, 15) is 24.9 Å². The van der Waals surface area contributed by atoms with Crippen molar-refractivity contribution in [1.29, 1.82) is 0 Å². The van der Waals surface area contributed by atoms with Gasteiger partial charge in [-0.1, -0.05) is 42.8 Å². The summed E-state index contributed by atoms with van der Waals surface area (Å²) in [6.45, 7) is 5.07. The van der Waals surface area contributed by atoms with Crippen LogP contribution in [0.15, 0.2) is 72.8 Å². The zero-order valence-electron chi connectivity index (χ0n) is 26.3. The maximum absolute atomic E-state index is 14.0. The normalized spacial score (nSPS) is 19.9. The Morgan fingerprint density at radius 3 is 2.63 bits per heavy atom. The monoisotopic (exact) mass is 647 g/mol. The van der Waals surface area contributed by atoms with Crippen LogP contribution in [0.2, 0.25) is 5.02 Å². The van der Waals surface area contributed by atoms with Crippen LogP contribution in [0.25, 0.3) is 0 Å². The Morgan fingerprint density at radius 2 is 1.87 bits per heavy atom. The highest BCUT2D eigenvalue weighted by molar-refractivity contribution is 6.31. The number of unbranched alkanes of at least 4 members (excludes halogenated alkanes) is 1. The zero-order chi connectivity index (χ0) is 32.8. The minimum atomic E-state index is -1.83. The maximum Gasteiger partial charge on any atom is 0.264 e. The van der Waals surface area contributed by atoms with Gasteiger partial charge in [-0.2, -0.15) is 0 Å². The Kier molecular flexibility index (Phi) is 10.8. The van der Waals surface area contributed by atoms with Crippen LogP contribution in [0.3, 0.4) is 0 Å². The number of nitrogens with one attached hydrogen (secondary N) is 1. The van der Waals surface area contributed by atoms with E-state index in [2.05, 4.69) is 5.32 Å². The number of nitrogens with zero attached hydrogens (tertiary/aromatic N) is 2. The summed E-state index contributed by atoms with van der Waals surface area (Å²) in [6.07, 6.45) is 5.83. The van der Waals surface area contributed by atoms with Gasteiger partial charge >= 0.3 is 0 Å². The molecule has 46 heavy (non-hydrogen) atoms. The molecule has 9 nitrogen and oxygen atoms in total. The van der Waals surface area contributed by atoms with Gasteiger partial charge in [-0.3, -0.25) is 14.5 Å². The number of amides is 2. The molecule has 3 atom stereocenters. The SMILES string of the molecule is CCOc1ccc2c(c1)CC(NCCCCO)C(=O)N2c1cccc(CN2C(=O)[C@@](O)([C@@H](C)/C=C/CCO)c3cc(Cl)ccc32)c1. The minimum Gasteiger partial charge on any atom is -0.494 e. The summed E-state index contributed by atoms with van der Waals surface area (Å²) >= 11 is 6.33. The highest BCUT2D eigenvalue weighted by Gasteiger charge is 2.52. The van der Waals surface area contributed by atoms with Crippen molar-refractivity contribution >= 4 is 40.5 Å². The topological polar surface area (TPSA) is 123 Å². The molecule has 1 unspecified atom stereocenters. The molecular weight excluding hydrogens is 606 g/mol. The second kappa shape index (κ2) is 14.8. The number of carbonyl (C=O) groups excluding carboxylic acids is 2. The zero-order valence-corrected chi connectivity index (χ0v) is 27.0. The van der Waals surface area contributed by atoms with E-state index in [4.69, 9.17) is 16.3 Å². The Hall–Kier alpha value is -3.73. The lowest BCUT2D eigenvalue weighted by Gasteiger charge is -2.35. The molecule has 2 aliphatic heterocycles. The molecule has 2 amide bonds. The molecule has 0 fully saturated rings. The standard InChI is InChI=1S/C36H42ClN3O6/c1-3-46-29-13-15-32-26(20-29)21-31(38-16-5-7-18-42)34(43)40(32)28-11-8-10-25(19-28)23-39-33-14-12-27(37)22-30(33)36(45,35(39)44)24(2)9-4-6-17-41/h4,8-15,19-20,22,24,31,38,41-42,45H,3,5-7,16-18,21,23H2,1-2H3/b9-4+/t24-,31?,36+/m0/s1. The van der Waals surface area contributed by atoms with E-state index in [1.54, 1.807) is 47.1 Å². The van der Waals surface area contributed by atoms with Crippen molar-refractivity contribution in [2.75, 3.05) is 36.2 Å². The van der Waals surface area contributed by atoms with Crippen LogP contribution in [0.5, 0.6) is 5.75 Å². The van der Waals surface area contributed by atoms with Gasteiger partial charge in [0.05, 0.1) is 30.6 Å². The predicted molar refractivity (Wildman–Crippen MR) is 180 cm³/mol. The fourth-order valence-corrected chi connectivity index (χ4v) is 6.46. The van der Waals surface area contributed by atoms with E-state index in [1.807, 2.05) is 49.4 Å². The number of aliphatic hydroxyl groups is 3. The molecule has 3 aromatic rings. The number of anilines is 3. The van der Waals surface area contributed by atoms with E-state index in [0.29, 0.717) is 54.4 Å². The van der Waals surface area contributed by atoms with Gasteiger partial charge in [0, 0.05) is 35.4 Å². The van der Waals surface area contributed by atoms with E-state index >= 15 is 0 Å². The second-order valence-corrected chi connectivity index (χ2v) is 12.2. The summed E-state index contributed by atoms with van der Waals surface area (Å²) in [5.41, 5.74) is 2.35. The molecule has 0 aliphatic carbocycles. The predicted octanol–water partition coefficient (Wildman–Crippen LogP) is 5.00. The molecule has 0 radical (unpaired) electrons. The first kappa shape index (κ1) is 33.6. The van der Waals surface area contributed by atoms with Crippen molar-refractivity contribution in [3.05, 3.63) is 94.5 Å². The van der Waals surface area contributed by atoms with Gasteiger partial charge in [-0.15, -0.1) is 0 Å². The van der Waals surface area contributed by atoms with Gasteiger partial charge < -0.3 is 30.3 Å². The van der Waals surface area contributed by atoms with Gasteiger partial charge in [-0.05, 0) is 98.8 Å². The first-order chi connectivity index (χ1) is 22.2. The van der Waals surface area contributed by atoms with Crippen molar-refractivity contribution in [2.45, 2.75) is 57.7 Å². The van der Waals surface area contributed by atoms with E-state index in [0.717, 1.165) is 29.0 Å². The summed E-state index contributed by atoms with van der Waals surface area (Å²) < 4.78 is 5.76. The fourth-order valence-electron chi connectivity index (χ4n) is 6.29. The maximum atomic E-state index is 14.0. The van der Waals surface area contributed by atoms with Crippen LogP contribution in [0, 0.1) is 5.92 Å². The molecule has 244 valence electrons. The molecule has 5 rings (SSSR count). The van der Waals surface area contributed by atoms with Gasteiger partial charge in [-0.25, -0.2) is 0 Å². The average Bonchev–Trinajstić information content (AvgIpc) is 3.25. The molecule has 0 spiro atoms. The Labute approximate surface area is 275 Å². The number of hydrogen-bond acceptors (Lipinski definition) is 7. The first-order valence-electron chi connectivity index (χ1n) is 15.9. The molecule has 4 N–H and O–H groups in total. The number of carbonyl (C=O) groups is 2. The summed E-state index contributed by atoms with van der Waals surface area (Å²) in [6, 6.07) is 17.9. The quantitative estimate of drug-likeness (QED) is 0.144. The van der Waals surface area contributed by atoms with Crippen LogP contribution in [-0.2, 0) is 28.2 Å². The third kappa shape index (κ3) is 6.70. The van der Waals surface area contributed by atoms with E-state index in [-0.39, 0.29) is 25.7 Å². The summed E-state index contributed by atoms with van der Waals surface area (Å²) in [4.78, 5) is 31.3. The molecule has 0 bridgehead atoms. The molecule has 0 aromatic heterocycles. The highest BCUT2D eigenvalue weighted by Crippen LogP contribution is 2.47. The fraction of sp³-hybridized carbons (Fsp3) is 0.389. The number of rotatable bonds is 14. The van der Waals surface area contributed by atoms with Crippen molar-refractivity contribution in [1.82, 2.24) is 5.32 Å². The largest absolute Gasteiger partial charge is 0.494 e. The summed E-state index contributed by atoms with van der Waals surface area (Å²) in [5, 5.41) is 34.1. The number of aliphatic hydroxyl groups excluding tert-OH is 2. The third-order valence-corrected chi connectivity index (χ3v) is 8.88. The molecule has 0 saturated heterocycles. The van der Waals surface area contributed by atoms with Crippen LogP contribution >= 0.6 is 11.6 Å². The van der Waals surface area contributed by atoms with Crippen LogP contribution in [0.4, 0.5) is 17.1 Å². The molecule has 10 heteroatoms. The lowest BCUT2D eigenvalue weighted by atomic mass is 9.83. The molecule has 2 aliphatic rings. The van der Waals surface area contributed by atoms with Crippen LogP contribution in [-0.4, -0.2) is 59.5 Å². The Morgan fingerprint density at radius 1 is 1.07 bits per heavy atom. The first-order valence-corrected chi connectivity index (χ1v) is 16.3. The summed E-state index contributed by atoms with van der Waals surface area (Å²) in [7, 11) is 0. The average molecular weight is 648 g/mol. The van der Waals surface area contributed by atoms with Gasteiger partial charge in [0.15, 0.2) is 5.60 Å². The van der Waals surface area contributed by atoms with Crippen molar-refractivity contribution < 1.29 is 29.6 Å². The summed E-state index contributed by atoms with van der Waals surface area (Å²) in [5.74, 6) is -0.396. The number of hydrogen-bond donors (Lipinski definition) is 4. The molecule has 3 aromatic carbocycles. The van der Waals surface area contributed by atoms with Crippen molar-refractivity contribution in [3.8, 4) is 5.75 Å². The minimum absolute atomic E-state index is 0.0291.